The second kappa shape index (κ2) is 8.86. The number of hydrogen-bond donors (Lipinski definition) is 3. The summed E-state index contributed by atoms with van der Waals surface area (Å²) in [4.78, 5) is 23.2. The van der Waals surface area contributed by atoms with Crippen LogP contribution in [-0.4, -0.2) is 33.8 Å². The van der Waals surface area contributed by atoms with Gasteiger partial charge in [-0.05, 0) is 32.2 Å². The lowest BCUT2D eigenvalue weighted by molar-refractivity contribution is -0.121. The van der Waals surface area contributed by atoms with Crippen molar-refractivity contribution < 1.29 is 18.0 Å². The van der Waals surface area contributed by atoms with Gasteiger partial charge in [0.15, 0.2) is 0 Å². The summed E-state index contributed by atoms with van der Waals surface area (Å²) in [5.74, 6) is -0.860. The molecule has 0 spiro atoms. The lowest BCUT2D eigenvalue weighted by atomic mass is 10.3. The maximum atomic E-state index is 11.7. The van der Waals surface area contributed by atoms with Gasteiger partial charge in [0.05, 0.1) is 11.4 Å². The number of nitrogens with one attached hydrogen (secondary N) is 3. The van der Waals surface area contributed by atoms with Gasteiger partial charge in [-0.2, -0.15) is 0 Å². The van der Waals surface area contributed by atoms with E-state index in [-0.39, 0.29) is 11.4 Å². The minimum Gasteiger partial charge on any atom is -0.343 e. The van der Waals surface area contributed by atoms with Crippen molar-refractivity contribution in [2.75, 3.05) is 18.9 Å². The molecule has 0 aliphatic rings. The molecule has 23 heavy (non-hydrogen) atoms. The van der Waals surface area contributed by atoms with Crippen molar-refractivity contribution in [1.82, 2.24) is 10.0 Å². The monoisotopic (exact) mass is 337 g/mol. The fraction of sp³-hybridized carbons (Fsp3) is 0.200. The van der Waals surface area contributed by atoms with E-state index >= 15 is 0 Å². The molecule has 0 radical (unpaired) electrons. The van der Waals surface area contributed by atoms with Gasteiger partial charge >= 0.3 is 0 Å². The highest BCUT2D eigenvalue weighted by molar-refractivity contribution is 7.89. The molecule has 7 nitrogen and oxygen atoms in total. The van der Waals surface area contributed by atoms with Crippen LogP contribution in [0.25, 0.3) is 0 Å². The zero-order chi connectivity index (χ0) is 17.3. The molecular formula is C15H19N3O4S. The van der Waals surface area contributed by atoms with Gasteiger partial charge in [-0.1, -0.05) is 24.3 Å². The minimum absolute atomic E-state index is 0.0381. The van der Waals surface area contributed by atoms with Crippen molar-refractivity contribution in [3.8, 4) is 0 Å². The molecule has 0 heterocycles. The quantitative estimate of drug-likeness (QED) is 0.505. The maximum Gasteiger partial charge on any atom is 0.244 e. The van der Waals surface area contributed by atoms with Gasteiger partial charge in [0.1, 0.15) is 0 Å². The third-order valence-corrected chi connectivity index (χ3v) is 4.08. The number of allylic oxidation sites excluding steroid dienone is 3. The van der Waals surface area contributed by atoms with Crippen LogP contribution < -0.4 is 15.4 Å². The molecule has 0 aromatic heterocycles. The molecule has 2 amide bonds. The summed E-state index contributed by atoms with van der Waals surface area (Å²) in [6.07, 6.45) is 6.31. The molecule has 0 fully saturated rings. The highest BCUT2D eigenvalue weighted by Crippen LogP contribution is 2.14. The van der Waals surface area contributed by atoms with E-state index in [2.05, 4.69) is 15.4 Å². The number of carbonyl (C=O) groups is 2. The molecule has 124 valence electrons. The first-order valence-corrected chi connectivity index (χ1v) is 8.28. The van der Waals surface area contributed by atoms with Crippen LogP contribution in [0.1, 0.15) is 6.92 Å². The van der Waals surface area contributed by atoms with Crippen LogP contribution in [-0.2, 0) is 19.6 Å². The van der Waals surface area contributed by atoms with Crippen LogP contribution >= 0.6 is 0 Å². The number of anilines is 1. The van der Waals surface area contributed by atoms with E-state index < -0.39 is 21.8 Å². The second-order valence-electron chi connectivity index (χ2n) is 4.39. The zero-order valence-corrected chi connectivity index (χ0v) is 13.7. The molecule has 0 saturated heterocycles. The molecule has 0 atom stereocenters. The summed E-state index contributed by atoms with van der Waals surface area (Å²) in [5, 5.41) is 4.93. The SMILES string of the molecule is C/C=C/C=C/C(=O)NCC(=O)Nc1cccc(S(=O)(=O)NC)c1. The minimum atomic E-state index is -3.58. The van der Waals surface area contributed by atoms with Crippen LogP contribution in [0.15, 0.2) is 53.5 Å². The number of benzene rings is 1. The first-order chi connectivity index (χ1) is 10.9. The van der Waals surface area contributed by atoms with E-state index in [1.165, 1.54) is 31.3 Å². The molecule has 0 bridgehead atoms. The van der Waals surface area contributed by atoms with Crippen molar-refractivity contribution in [1.29, 1.82) is 0 Å². The number of rotatable bonds is 7. The largest absolute Gasteiger partial charge is 0.343 e. The van der Waals surface area contributed by atoms with Crippen molar-refractivity contribution in [2.24, 2.45) is 0 Å². The fourth-order valence-electron chi connectivity index (χ4n) is 1.54. The summed E-state index contributed by atoms with van der Waals surface area (Å²) < 4.78 is 25.6. The topological polar surface area (TPSA) is 104 Å². The molecule has 0 saturated carbocycles. The van der Waals surface area contributed by atoms with Crippen LogP contribution in [0.2, 0.25) is 0 Å². The number of hydrogen-bond acceptors (Lipinski definition) is 4. The Morgan fingerprint density at radius 3 is 2.61 bits per heavy atom. The van der Waals surface area contributed by atoms with Gasteiger partial charge in [-0.3, -0.25) is 9.59 Å². The summed E-state index contributed by atoms with van der Waals surface area (Å²) in [6.45, 7) is 1.60. The van der Waals surface area contributed by atoms with Crippen LogP contribution in [0.5, 0.6) is 0 Å². The van der Waals surface area contributed by atoms with Crippen LogP contribution in [0.3, 0.4) is 0 Å². The lowest BCUT2D eigenvalue weighted by Gasteiger charge is -2.08. The van der Waals surface area contributed by atoms with Gasteiger partial charge in [-0.15, -0.1) is 0 Å². The van der Waals surface area contributed by atoms with Gasteiger partial charge in [-0.25, -0.2) is 13.1 Å². The van der Waals surface area contributed by atoms with Crippen LogP contribution in [0, 0.1) is 0 Å². The van der Waals surface area contributed by atoms with Crippen molar-refractivity contribution in [3.63, 3.8) is 0 Å². The molecule has 0 unspecified atom stereocenters. The summed E-state index contributed by atoms with van der Waals surface area (Å²) in [6, 6.07) is 5.81. The third-order valence-electron chi connectivity index (χ3n) is 2.67. The Morgan fingerprint density at radius 1 is 1.22 bits per heavy atom. The zero-order valence-electron chi connectivity index (χ0n) is 12.9. The number of carbonyl (C=O) groups excluding carboxylic acids is 2. The van der Waals surface area contributed by atoms with E-state index in [1.54, 1.807) is 24.3 Å². The summed E-state index contributed by atoms with van der Waals surface area (Å²) in [5.41, 5.74) is 0.324. The van der Waals surface area contributed by atoms with Gasteiger partial charge in [0.25, 0.3) is 0 Å². The third kappa shape index (κ3) is 6.45. The van der Waals surface area contributed by atoms with Crippen molar-refractivity contribution in [2.45, 2.75) is 11.8 Å². The predicted molar refractivity (Wildman–Crippen MR) is 88.3 cm³/mol. The molecule has 0 aliphatic carbocycles. The van der Waals surface area contributed by atoms with E-state index in [4.69, 9.17) is 0 Å². The maximum absolute atomic E-state index is 11.7. The van der Waals surface area contributed by atoms with E-state index in [9.17, 15) is 18.0 Å². The Hall–Kier alpha value is -2.45. The number of sulfonamides is 1. The van der Waals surface area contributed by atoms with Crippen LogP contribution in [0.4, 0.5) is 5.69 Å². The average molecular weight is 337 g/mol. The van der Waals surface area contributed by atoms with Gasteiger partial charge in [0.2, 0.25) is 21.8 Å². The van der Waals surface area contributed by atoms with Crippen molar-refractivity contribution in [3.05, 3.63) is 48.6 Å². The summed E-state index contributed by atoms with van der Waals surface area (Å²) in [7, 11) is -2.28. The van der Waals surface area contributed by atoms with E-state index in [0.717, 1.165) is 0 Å². The van der Waals surface area contributed by atoms with E-state index in [1.807, 2.05) is 6.92 Å². The Labute approximate surface area is 135 Å². The normalized spacial score (nSPS) is 11.7. The molecule has 1 aromatic carbocycles. The lowest BCUT2D eigenvalue weighted by Crippen LogP contribution is -2.31. The molecular weight excluding hydrogens is 318 g/mol. The molecule has 0 aliphatic heterocycles. The van der Waals surface area contributed by atoms with Gasteiger partial charge in [0, 0.05) is 11.8 Å². The Balaban J connectivity index is 2.62. The average Bonchev–Trinajstić information content (AvgIpc) is 2.53. The molecule has 8 heteroatoms. The van der Waals surface area contributed by atoms with Gasteiger partial charge < -0.3 is 10.6 Å². The summed E-state index contributed by atoms with van der Waals surface area (Å²) >= 11 is 0. The molecule has 3 N–H and O–H groups in total. The molecule has 1 rings (SSSR count). The Bertz CT molecular complexity index is 724. The smallest absolute Gasteiger partial charge is 0.244 e. The fourth-order valence-corrected chi connectivity index (χ4v) is 2.32. The number of amides is 2. The Morgan fingerprint density at radius 2 is 1.96 bits per heavy atom. The standard InChI is InChI=1S/C15H19N3O4S/c1-3-4-5-9-14(19)17-11-15(20)18-12-7-6-8-13(10-12)23(21,22)16-2/h3-10,16H,11H2,1-2H3,(H,17,19)(H,18,20)/b4-3+,9-5+. The first kappa shape index (κ1) is 18.6. The molecule has 1 aromatic rings. The highest BCUT2D eigenvalue weighted by Gasteiger charge is 2.12. The van der Waals surface area contributed by atoms with Crippen molar-refractivity contribution >= 4 is 27.5 Å². The predicted octanol–water partition coefficient (Wildman–Crippen LogP) is 0.782. The second-order valence-corrected chi connectivity index (χ2v) is 6.27. The first-order valence-electron chi connectivity index (χ1n) is 6.79. The Kier molecular flexibility index (Phi) is 7.17. The van der Waals surface area contributed by atoms with E-state index in [0.29, 0.717) is 5.69 Å². The highest BCUT2D eigenvalue weighted by atomic mass is 32.2.